The number of hydrogen-bond donors (Lipinski definition) is 1. The van der Waals surface area contributed by atoms with E-state index < -0.39 is 0 Å². The molecule has 96 valence electrons. The zero-order valence-corrected chi connectivity index (χ0v) is 11.5. The van der Waals surface area contributed by atoms with Crippen molar-refractivity contribution >= 4 is 11.8 Å². The lowest BCUT2D eigenvalue weighted by Gasteiger charge is -2.02. The van der Waals surface area contributed by atoms with Gasteiger partial charge in [0.05, 0.1) is 0 Å². The van der Waals surface area contributed by atoms with Gasteiger partial charge >= 0.3 is 0 Å². The van der Waals surface area contributed by atoms with E-state index in [4.69, 9.17) is 5.11 Å². The lowest BCUT2D eigenvalue weighted by molar-refractivity contribution is 0.350. The number of aliphatic hydroxyl groups excluding tert-OH is 1. The second kappa shape index (κ2) is 7.68. The molecule has 2 rings (SSSR count). The molecule has 0 bridgehead atoms. The van der Waals surface area contributed by atoms with E-state index in [1.807, 2.05) is 30.0 Å². The van der Waals surface area contributed by atoms with E-state index >= 15 is 0 Å². The van der Waals surface area contributed by atoms with Crippen molar-refractivity contribution in [1.29, 1.82) is 0 Å². The van der Waals surface area contributed by atoms with Gasteiger partial charge < -0.3 is 5.11 Å². The predicted molar refractivity (Wildman–Crippen MR) is 81.8 cm³/mol. The summed E-state index contributed by atoms with van der Waals surface area (Å²) in [7, 11) is 0. The maximum absolute atomic E-state index is 8.63. The van der Waals surface area contributed by atoms with Crippen LogP contribution in [0, 0.1) is 11.8 Å². The van der Waals surface area contributed by atoms with E-state index in [1.165, 1.54) is 11.1 Å². The summed E-state index contributed by atoms with van der Waals surface area (Å²) in [5, 5.41) is 8.63. The zero-order valence-electron chi connectivity index (χ0n) is 10.7. The Morgan fingerprint density at radius 1 is 0.842 bits per heavy atom. The molecule has 0 fully saturated rings. The van der Waals surface area contributed by atoms with E-state index in [1.54, 1.807) is 0 Å². The summed E-state index contributed by atoms with van der Waals surface area (Å²) in [6, 6.07) is 18.7. The first-order valence-electron chi connectivity index (χ1n) is 6.19. The predicted octanol–water partition coefficient (Wildman–Crippen LogP) is 3.46. The maximum atomic E-state index is 8.63. The Bertz CT molecular complexity index is 549. The number of thioether (sulfide) groups is 1. The summed E-state index contributed by atoms with van der Waals surface area (Å²) in [5.74, 6) is 7.58. The van der Waals surface area contributed by atoms with Gasteiger partial charge in [0.25, 0.3) is 0 Å². The highest BCUT2D eigenvalue weighted by Crippen LogP contribution is 2.17. The molecule has 0 radical (unpaired) electrons. The van der Waals surface area contributed by atoms with Crippen LogP contribution in [0.2, 0.25) is 0 Å². The molecule has 2 aromatic carbocycles. The van der Waals surface area contributed by atoms with Gasteiger partial charge in [0.1, 0.15) is 6.61 Å². The minimum Gasteiger partial charge on any atom is -0.384 e. The Kier molecular flexibility index (Phi) is 5.55. The SMILES string of the molecule is OCC#Cc1ccc(CSCc2ccccc2)cc1. The molecular formula is C17H16OS. The molecule has 0 aliphatic carbocycles. The molecule has 19 heavy (non-hydrogen) atoms. The molecule has 0 saturated carbocycles. The Balaban J connectivity index is 1.83. The van der Waals surface area contributed by atoms with Crippen molar-refractivity contribution in [3.8, 4) is 11.8 Å². The highest BCUT2D eigenvalue weighted by molar-refractivity contribution is 7.97. The molecule has 0 amide bonds. The van der Waals surface area contributed by atoms with Crippen LogP contribution in [0.4, 0.5) is 0 Å². The summed E-state index contributed by atoms with van der Waals surface area (Å²) in [6.07, 6.45) is 0. The third-order valence-electron chi connectivity index (χ3n) is 2.65. The van der Waals surface area contributed by atoms with E-state index in [0.717, 1.165) is 17.1 Å². The van der Waals surface area contributed by atoms with E-state index in [2.05, 4.69) is 48.2 Å². The minimum atomic E-state index is -0.0886. The Hall–Kier alpha value is -1.69. The molecule has 1 N–H and O–H groups in total. The lowest BCUT2D eigenvalue weighted by atomic mass is 10.1. The van der Waals surface area contributed by atoms with E-state index in [-0.39, 0.29) is 6.61 Å². The molecule has 0 aromatic heterocycles. The molecule has 1 nitrogen and oxygen atoms in total. The minimum absolute atomic E-state index is 0.0886. The second-order valence-electron chi connectivity index (χ2n) is 4.14. The normalized spacial score (nSPS) is 9.74. The summed E-state index contributed by atoms with van der Waals surface area (Å²) in [5.41, 5.74) is 3.61. The van der Waals surface area contributed by atoms with Crippen molar-refractivity contribution in [2.24, 2.45) is 0 Å². The monoisotopic (exact) mass is 268 g/mol. The van der Waals surface area contributed by atoms with Gasteiger partial charge in [-0.3, -0.25) is 0 Å². The maximum Gasteiger partial charge on any atom is 0.104 e. The Labute approximate surface area is 118 Å². The van der Waals surface area contributed by atoms with Crippen LogP contribution in [0.15, 0.2) is 54.6 Å². The molecule has 0 heterocycles. The van der Waals surface area contributed by atoms with Gasteiger partial charge in [-0.15, -0.1) is 0 Å². The van der Waals surface area contributed by atoms with Crippen molar-refractivity contribution in [3.05, 3.63) is 71.3 Å². The first-order chi connectivity index (χ1) is 9.38. The van der Waals surface area contributed by atoms with Gasteiger partial charge in [0, 0.05) is 17.1 Å². The quantitative estimate of drug-likeness (QED) is 0.857. The first-order valence-corrected chi connectivity index (χ1v) is 7.34. The number of benzene rings is 2. The summed E-state index contributed by atoms with van der Waals surface area (Å²) >= 11 is 1.91. The van der Waals surface area contributed by atoms with Gasteiger partial charge in [0.2, 0.25) is 0 Å². The highest BCUT2D eigenvalue weighted by Gasteiger charge is 1.95. The Morgan fingerprint density at radius 2 is 1.47 bits per heavy atom. The molecular weight excluding hydrogens is 252 g/mol. The fourth-order valence-corrected chi connectivity index (χ4v) is 2.65. The number of hydrogen-bond acceptors (Lipinski definition) is 2. The summed E-state index contributed by atoms with van der Waals surface area (Å²) < 4.78 is 0. The first kappa shape index (κ1) is 13.7. The molecule has 0 spiro atoms. The van der Waals surface area contributed by atoms with Crippen molar-refractivity contribution in [3.63, 3.8) is 0 Å². The zero-order chi connectivity index (χ0) is 13.3. The van der Waals surface area contributed by atoms with Gasteiger partial charge in [0.15, 0.2) is 0 Å². The fraction of sp³-hybridized carbons (Fsp3) is 0.176. The molecule has 2 aromatic rings. The molecule has 0 saturated heterocycles. The largest absolute Gasteiger partial charge is 0.384 e. The fourth-order valence-electron chi connectivity index (χ4n) is 1.69. The molecule has 0 unspecified atom stereocenters. The van der Waals surface area contributed by atoms with Crippen LogP contribution in [-0.4, -0.2) is 11.7 Å². The lowest BCUT2D eigenvalue weighted by Crippen LogP contribution is -1.84. The van der Waals surface area contributed by atoms with Crippen LogP contribution in [0.1, 0.15) is 16.7 Å². The van der Waals surface area contributed by atoms with Crippen molar-refractivity contribution in [2.45, 2.75) is 11.5 Å². The van der Waals surface area contributed by atoms with Gasteiger partial charge in [-0.1, -0.05) is 54.3 Å². The molecule has 0 aliphatic rings. The van der Waals surface area contributed by atoms with Crippen LogP contribution < -0.4 is 0 Å². The van der Waals surface area contributed by atoms with Crippen LogP contribution in [0.5, 0.6) is 0 Å². The van der Waals surface area contributed by atoms with Crippen molar-refractivity contribution < 1.29 is 5.11 Å². The van der Waals surface area contributed by atoms with Gasteiger partial charge in [-0.25, -0.2) is 0 Å². The smallest absolute Gasteiger partial charge is 0.104 e. The third kappa shape index (κ3) is 4.82. The van der Waals surface area contributed by atoms with E-state index in [9.17, 15) is 0 Å². The summed E-state index contributed by atoms with van der Waals surface area (Å²) in [6.45, 7) is -0.0886. The van der Waals surface area contributed by atoms with Crippen molar-refractivity contribution in [1.82, 2.24) is 0 Å². The van der Waals surface area contributed by atoms with Crippen molar-refractivity contribution in [2.75, 3.05) is 6.61 Å². The van der Waals surface area contributed by atoms with Crippen LogP contribution in [-0.2, 0) is 11.5 Å². The molecule has 0 atom stereocenters. The average molecular weight is 268 g/mol. The standard InChI is InChI=1S/C17H16OS/c18-12-4-7-15-8-10-17(11-9-15)14-19-13-16-5-2-1-3-6-16/h1-3,5-6,8-11,18H,12-14H2. The highest BCUT2D eigenvalue weighted by atomic mass is 32.2. The number of aliphatic hydroxyl groups is 1. The Morgan fingerprint density at radius 3 is 2.11 bits per heavy atom. The van der Waals surface area contributed by atoms with Crippen LogP contribution in [0.25, 0.3) is 0 Å². The average Bonchev–Trinajstić information content (AvgIpc) is 2.47. The third-order valence-corrected chi connectivity index (χ3v) is 3.72. The van der Waals surface area contributed by atoms with Crippen LogP contribution >= 0.6 is 11.8 Å². The van der Waals surface area contributed by atoms with Crippen LogP contribution in [0.3, 0.4) is 0 Å². The second-order valence-corrected chi connectivity index (χ2v) is 5.12. The molecule has 0 aliphatic heterocycles. The van der Waals surface area contributed by atoms with Gasteiger partial charge in [-0.2, -0.15) is 11.8 Å². The summed E-state index contributed by atoms with van der Waals surface area (Å²) in [4.78, 5) is 0. The van der Waals surface area contributed by atoms with Gasteiger partial charge in [-0.05, 0) is 23.3 Å². The topological polar surface area (TPSA) is 20.2 Å². The van der Waals surface area contributed by atoms with E-state index in [0.29, 0.717) is 0 Å². The molecule has 2 heteroatoms. The number of rotatable bonds is 4.